The monoisotopic (exact) mass is 274 g/mol. The van der Waals surface area contributed by atoms with Crippen LogP contribution in [-0.2, 0) is 10.0 Å². The Morgan fingerprint density at radius 2 is 1.83 bits per heavy atom. The van der Waals surface area contributed by atoms with Crippen molar-refractivity contribution in [2.75, 3.05) is 18.8 Å². The summed E-state index contributed by atoms with van der Waals surface area (Å²) >= 11 is 0. The minimum atomic E-state index is -3.08. The van der Waals surface area contributed by atoms with E-state index in [2.05, 4.69) is 17.0 Å². The molecule has 0 aliphatic heterocycles. The van der Waals surface area contributed by atoms with Gasteiger partial charge in [-0.3, -0.25) is 0 Å². The van der Waals surface area contributed by atoms with E-state index in [0.717, 1.165) is 0 Å². The molecule has 2 fully saturated rings. The highest BCUT2D eigenvalue weighted by atomic mass is 32.2. The predicted molar refractivity (Wildman–Crippen MR) is 73.9 cm³/mol. The lowest BCUT2D eigenvalue weighted by molar-refractivity contribution is 0.257. The van der Waals surface area contributed by atoms with E-state index in [-0.39, 0.29) is 5.75 Å². The topological polar surface area (TPSA) is 58.2 Å². The van der Waals surface area contributed by atoms with Gasteiger partial charge in [0, 0.05) is 19.1 Å². The third-order valence-corrected chi connectivity index (χ3v) is 5.58. The summed E-state index contributed by atoms with van der Waals surface area (Å²) in [5, 5.41) is 3.24. The van der Waals surface area contributed by atoms with E-state index in [4.69, 9.17) is 0 Å². The van der Waals surface area contributed by atoms with Crippen molar-refractivity contribution in [1.82, 2.24) is 10.0 Å². The first-order valence-corrected chi connectivity index (χ1v) is 8.93. The Kier molecular flexibility index (Phi) is 5.04. The first-order valence-electron chi connectivity index (χ1n) is 7.27. The van der Waals surface area contributed by atoms with Gasteiger partial charge in [0.2, 0.25) is 10.0 Å². The average molecular weight is 274 g/mol. The van der Waals surface area contributed by atoms with Crippen LogP contribution in [0.2, 0.25) is 0 Å². The molecule has 0 spiro atoms. The van der Waals surface area contributed by atoms with E-state index in [1.54, 1.807) is 0 Å². The normalized spacial score (nSPS) is 29.4. The van der Waals surface area contributed by atoms with Crippen LogP contribution in [0, 0.1) is 11.8 Å². The minimum absolute atomic E-state index is 0.213. The van der Waals surface area contributed by atoms with Crippen LogP contribution < -0.4 is 10.0 Å². The summed E-state index contributed by atoms with van der Waals surface area (Å²) < 4.78 is 26.4. The number of rotatable bonds is 7. The van der Waals surface area contributed by atoms with Crippen LogP contribution in [-0.4, -0.2) is 33.3 Å². The Hall–Kier alpha value is -0.130. The SMILES string of the molecule is CC1CCCCC1CNS(=O)(=O)CCNC1CC1. The highest BCUT2D eigenvalue weighted by Crippen LogP contribution is 2.28. The molecule has 4 nitrogen and oxygen atoms in total. The van der Waals surface area contributed by atoms with Gasteiger partial charge in [-0.1, -0.05) is 26.2 Å². The molecule has 2 saturated carbocycles. The second-order valence-electron chi connectivity index (χ2n) is 5.92. The van der Waals surface area contributed by atoms with Crippen molar-refractivity contribution < 1.29 is 8.42 Å². The van der Waals surface area contributed by atoms with E-state index in [1.165, 1.54) is 38.5 Å². The van der Waals surface area contributed by atoms with Crippen LogP contribution in [0.25, 0.3) is 0 Å². The Morgan fingerprint density at radius 3 is 2.50 bits per heavy atom. The van der Waals surface area contributed by atoms with Crippen LogP contribution in [0.5, 0.6) is 0 Å². The van der Waals surface area contributed by atoms with Crippen molar-refractivity contribution in [2.45, 2.75) is 51.5 Å². The summed E-state index contributed by atoms with van der Waals surface area (Å²) in [6.07, 6.45) is 7.37. The summed E-state index contributed by atoms with van der Waals surface area (Å²) in [7, 11) is -3.08. The first kappa shape index (κ1) is 14.3. The van der Waals surface area contributed by atoms with Crippen LogP contribution in [0.1, 0.15) is 45.4 Å². The standard InChI is InChI=1S/C13H26N2O2S/c1-11-4-2-3-5-12(11)10-15-18(16,17)9-8-14-13-6-7-13/h11-15H,2-10H2,1H3. The van der Waals surface area contributed by atoms with Gasteiger partial charge in [-0.25, -0.2) is 13.1 Å². The molecule has 2 rings (SSSR count). The van der Waals surface area contributed by atoms with E-state index in [0.29, 0.717) is 31.0 Å². The van der Waals surface area contributed by atoms with Gasteiger partial charge >= 0.3 is 0 Å². The quantitative estimate of drug-likeness (QED) is 0.739. The molecular weight excluding hydrogens is 248 g/mol. The molecule has 0 aromatic rings. The number of nitrogens with one attached hydrogen (secondary N) is 2. The van der Waals surface area contributed by atoms with Crippen LogP contribution in [0.4, 0.5) is 0 Å². The molecule has 0 saturated heterocycles. The van der Waals surface area contributed by atoms with E-state index < -0.39 is 10.0 Å². The van der Waals surface area contributed by atoms with Gasteiger partial charge < -0.3 is 5.32 Å². The molecule has 2 atom stereocenters. The molecule has 0 aromatic heterocycles. The second-order valence-corrected chi connectivity index (χ2v) is 7.84. The summed E-state index contributed by atoms with van der Waals surface area (Å²) in [5.41, 5.74) is 0. The fraction of sp³-hybridized carbons (Fsp3) is 1.00. The van der Waals surface area contributed by atoms with Crippen molar-refractivity contribution in [1.29, 1.82) is 0 Å². The maximum Gasteiger partial charge on any atom is 0.212 e. The van der Waals surface area contributed by atoms with Gasteiger partial charge in [-0.15, -0.1) is 0 Å². The molecule has 0 aromatic carbocycles. The Balaban J connectivity index is 1.66. The second kappa shape index (κ2) is 6.35. The zero-order valence-electron chi connectivity index (χ0n) is 11.3. The van der Waals surface area contributed by atoms with Gasteiger partial charge in [0.05, 0.1) is 5.75 Å². The van der Waals surface area contributed by atoms with Gasteiger partial charge in [-0.2, -0.15) is 0 Å². The Labute approximate surface area is 111 Å². The van der Waals surface area contributed by atoms with Gasteiger partial charge in [0.25, 0.3) is 0 Å². The molecule has 2 aliphatic carbocycles. The Bertz CT molecular complexity index is 352. The van der Waals surface area contributed by atoms with Crippen molar-refractivity contribution in [2.24, 2.45) is 11.8 Å². The average Bonchev–Trinajstić information content (AvgIpc) is 3.12. The van der Waals surface area contributed by atoms with E-state index in [1.807, 2.05) is 0 Å². The first-order chi connectivity index (χ1) is 8.57. The minimum Gasteiger partial charge on any atom is -0.313 e. The van der Waals surface area contributed by atoms with Crippen molar-refractivity contribution in [3.05, 3.63) is 0 Å². The molecule has 2 N–H and O–H groups in total. The van der Waals surface area contributed by atoms with Gasteiger partial charge in [-0.05, 0) is 31.1 Å². The van der Waals surface area contributed by atoms with E-state index >= 15 is 0 Å². The van der Waals surface area contributed by atoms with Crippen molar-refractivity contribution >= 4 is 10.0 Å². The highest BCUT2D eigenvalue weighted by molar-refractivity contribution is 7.89. The molecule has 2 aliphatic rings. The summed E-state index contributed by atoms with van der Waals surface area (Å²) in [6.45, 7) is 3.46. The molecule has 18 heavy (non-hydrogen) atoms. The number of hydrogen-bond acceptors (Lipinski definition) is 3. The lowest BCUT2D eigenvalue weighted by atomic mass is 9.81. The fourth-order valence-corrected chi connectivity index (χ4v) is 3.69. The van der Waals surface area contributed by atoms with Crippen LogP contribution in [0.3, 0.4) is 0 Å². The maximum atomic E-state index is 11.8. The number of hydrogen-bond donors (Lipinski definition) is 2. The molecule has 2 unspecified atom stereocenters. The maximum absolute atomic E-state index is 11.8. The zero-order valence-corrected chi connectivity index (χ0v) is 12.1. The summed E-state index contributed by atoms with van der Waals surface area (Å²) in [4.78, 5) is 0. The molecule has 0 radical (unpaired) electrons. The molecule has 0 heterocycles. The highest BCUT2D eigenvalue weighted by Gasteiger charge is 2.24. The third-order valence-electron chi connectivity index (χ3n) is 4.24. The predicted octanol–water partition coefficient (Wildman–Crippen LogP) is 1.48. The fourth-order valence-electron chi connectivity index (χ4n) is 2.69. The largest absolute Gasteiger partial charge is 0.313 e. The molecule has 0 bridgehead atoms. The van der Waals surface area contributed by atoms with Gasteiger partial charge in [0.1, 0.15) is 0 Å². The molecular formula is C13H26N2O2S. The van der Waals surface area contributed by atoms with E-state index in [9.17, 15) is 8.42 Å². The van der Waals surface area contributed by atoms with Crippen LogP contribution in [0.15, 0.2) is 0 Å². The zero-order chi connectivity index (χ0) is 13.0. The third kappa shape index (κ3) is 4.86. The molecule has 106 valence electrons. The van der Waals surface area contributed by atoms with Crippen molar-refractivity contribution in [3.8, 4) is 0 Å². The smallest absolute Gasteiger partial charge is 0.212 e. The Morgan fingerprint density at radius 1 is 1.11 bits per heavy atom. The summed E-state index contributed by atoms with van der Waals surface area (Å²) in [5.74, 6) is 1.40. The molecule has 5 heteroatoms. The van der Waals surface area contributed by atoms with Crippen molar-refractivity contribution in [3.63, 3.8) is 0 Å². The number of sulfonamides is 1. The van der Waals surface area contributed by atoms with Gasteiger partial charge in [0.15, 0.2) is 0 Å². The van der Waals surface area contributed by atoms with Crippen LogP contribution >= 0.6 is 0 Å². The summed E-state index contributed by atoms with van der Waals surface area (Å²) in [6, 6.07) is 0.582. The lowest BCUT2D eigenvalue weighted by Gasteiger charge is -2.28. The lowest BCUT2D eigenvalue weighted by Crippen LogP contribution is -2.37. The molecule has 0 amide bonds.